The molecule has 0 aliphatic heterocycles. The van der Waals surface area contributed by atoms with Gasteiger partial charge >= 0.3 is 0 Å². The standard InChI is InChI=1S/C16H23N3O2/c1-3-9-18-14(20)11-5-4-6-13(10-11)19-15(21)16(2,17)12-7-8-12/h4-6,10,12H,3,7-9,17H2,1-2H3,(H,18,20)(H,19,21). The van der Waals surface area contributed by atoms with Gasteiger partial charge in [-0.15, -0.1) is 0 Å². The second-order valence-electron chi connectivity index (χ2n) is 5.85. The molecule has 1 unspecified atom stereocenters. The lowest BCUT2D eigenvalue weighted by Gasteiger charge is -2.23. The molecule has 0 saturated heterocycles. The molecule has 0 bridgehead atoms. The van der Waals surface area contributed by atoms with Crippen LogP contribution in [0.3, 0.4) is 0 Å². The highest BCUT2D eigenvalue weighted by Gasteiger charge is 2.44. The highest BCUT2D eigenvalue weighted by molar-refractivity contribution is 6.00. The van der Waals surface area contributed by atoms with Gasteiger partial charge in [0.05, 0.1) is 5.54 Å². The maximum absolute atomic E-state index is 12.2. The topological polar surface area (TPSA) is 84.2 Å². The van der Waals surface area contributed by atoms with Crippen LogP contribution in [-0.4, -0.2) is 23.9 Å². The van der Waals surface area contributed by atoms with Crippen LogP contribution in [0.1, 0.15) is 43.5 Å². The Morgan fingerprint density at radius 1 is 1.38 bits per heavy atom. The van der Waals surface area contributed by atoms with Crippen molar-refractivity contribution in [3.05, 3.63) is 29.8 Å². The number of carbonyl (C=O) groups is 2. The molecule has 1 saturated carbocycles. The van der Waals surface area contributed by atoms with E-state index in [0.29, 0.717) is 17.8 Å². The average molecular weight is 289 g/mol. The van der Waals surface area contributed by atoms with Gasteiger partial charge in [-0.1, -0.05) is 13.0 Å². The van der Waals surface area contributed by atoms with Crippen molar-refractivity contribution in [2.75, 3.05) is 11.9 Å². The molecule has 1 aromatic carbocycles. The molecule has 0 radical (unpaired) electrons. The van der Waals surface area contributed by atoms with Gasteiger partial charge in [-0.05, 0) is 50.3 Å². The summed E-state index contributed by atoms with van der Waals surface area (Å²) < 4.78 is 0. The number of nitrogens with one attached hydrogen (secondary N) is 2. The van der Waals surface area contributed by atoms with Crippen molar-refractivity contribution < 1.29 is 9.59 Å². The minimum absolute atomic E-state index is 0.134. The van der Waals surface area contributed by atoms with E-state index in [2.05, 4.69) is 10.6 Å². The van der Waals surface area contributed by atoms with E-state index in [1.54, 1.807) is 31.2 Å². The first kappa shape index (κ1) is 15.5. The fourth-order valence-electron chi connectivity index (χ4n) is 2.21. The summed E-state index contributed by atoms with van der Waals surface area (Å²) in [5.41, 5.74) is 6.37. The lowest BCUT2D eigenvalue weighted by molar-refractivity contribution is -0.121. The maximum atomic E-state index is 12.2. The summed E-state index contributed by atoms with van der Waals surface area (Å²) in [6.07, 6.45) is 2.88. The number of amides is 2. The summed E-state index contributed by atoms with van der Waals surface area (Å²) in [4.78, 5) is 24.1. The van der Waals surface area contributed by atoms with E-state index in [0.717, 1.165) is 19.3 Å². The van der Waals surface area contributed by atoms with E-state index in [9.17, 15) is 9.59 Å². The zero-order chi connectivity index (χ0) is 15.5. The second-order valence-corrected chi connectivity index (χ2v) is 5.85. The molecule has 2 rings (SSSR count). The Labute approximate surface area is 125 Å². The van der Waals surface area contributed by atoms with Gasteiger partial charge in [-0.2, -0.15) is 0 Å². The lowest BCUT2D eigenvalue weighted by atomic mass is 9.96. The number of hydrogen-bond acceptors (Lipinski definition) is 3. The molecule has 1 aliphatic rings. The van der Waals surface area contributed by atoms with Crippen molar-refractivity contribution in [1.82, 2.24) is 5.32 Å². The van der Waals surface area contributed by atoms with Crippen molar-refractivity contribution in [2.45, 2.75) is 38.6 Å². The number of benzene rings is 1. The Morgan fingerprint density at radius 2 is 2.10 bits per heavy atom. The molecule has 1 atom stereocenters. The van der Waals surface area contributed by atoms with Gasteiger partial charge < -0.3 is 16.4 Å². The molecule has 1 aliphatic carbocycles. The van der Waals surface area contributed by atoms with Crippen molar-refractivity contribution in [3.63, 3.8) is 0 Å². The largest absolute Gasteiger partial charge is 0.352 e. The Kier molecular flexibility index (Phi) is 4.63. The monoisotopic (exact) mass is 289 g/mol. The number of hydrogen-bond donors (Lipinski definition) is 3. The third-order valence-electron chi connectivity index (χ3n) is 3.83. The van der Waals surface area contributed by atoms with Crippen molar-refractivity contribution in [3.8, 4) is 0 Å². The van der Waals surface area contributed by atoms with E-state index in [-0.39, 0.29) is 17.7 Å². The summed E-state index contributed by atoms with van der Waals surface area (Å²) in [7, 11) is 0. The normalized spacial score (nSPS) is 16.9. The van der Waals surface area contributed by atoms with Crippen LogP contribution in [-0.2, 0) is 4.79 Å². The summed E-state index contributed by atoms with van der Waals surface area (Å²) >= 11 is 0. The molecule has 5 nitrogen and oxygen atoms in total. The minimum Gasteiger partial charge on any atom is -0.352 e. The van der Waals surface area contributed by atoms with E-state index in [1.165, 1.54) is 0 Å². The van der Waals surface area contributed by atoms with E-state index >= 15 is 0 Å². The van der Waals surface area contributed by atoms with Gasteiger partial charge in [0.25, 0.3) is 5.91 Å². The maximum Gasteiger partial charge on any atom is 0.251 e. The van der Waals surface area contributed by atoms with Gasteiger partial charge in [0.15, 0.2) is 0 Å². The first-order valence-corrected chi connectivity index (χ1v) is 7.43. The third kappa shape index (κ3) is 3.82. The zero-order valence-corrected chi connectivity index (χ0v) is 12.6. The summed E-state index contributed by atoms with van der Waals surface area (Å²) in [5.74, 6) is -0.0738. The van der Waals surface area contributed by atoms with E-state index in [1.807, 2.05) is 6.92 Å². The van der Waals surface area contributed by atoms with E-state index < -0.39 is 5.54 Å². The minimum atomic E-state index is -0.847. The molecule has 0 spiro atoms. The third-order valence-corrected chi connectivity index (χ3v) is 3.83. The predicted molar refractivity (Wildman–Crippen MR) is 83.0 cm³/mol. The van der Waals surface area contributed by atoms with Crippen LogP contribution in [0.25, 0.3) is 0 Å². The Balaban J connectivity index is 2.03. The molecule has 4 N–H and O–H groups in total. The van der Waals surface area contributed by atoms with Crippen molar-refractivity contribution >= 4 is 17.5 Å². The fourth-order valence-corrected chi connectivity index (χ4v) is 2.21. The van der Waals surface area contributed by atoms with E-state index in [4.69, 9.17) is 5.73 Å². The predicted octanol–water partition coefficient (Wildman–Crippen LogP) is 1.89. The van der Waals surface area contributed by atoms with Gasteiger partial charge in [-0.25, -0.2) is 0 Å². The zero-order valence-electron chi connectivity index (χ0n) is 12.6. The van der Waals surface area contributed by atoms with Crippen molar-refractivity contribution in [2.24, 2.45) is 11.7 Å². The second kappa shape index (κ2) is 6.26. The van der Waals surface area contributed by atoms with Crippen LogP contribution >= 0.6 is 0 Å². The summed E-state index contributed by atoms with van der Waals surface area (Å²) in [6, 6.07) is 6.91. The molecule has 114 valence electrons. The Bertz CT molecular complexity index is 536. The molecular weight excluding hydrogens is 266 g/mol. The fraction of sp³-hybridized carbons (Fsp3) is 0.500. The molecule has 0 aromatic heterocycles. The molecular formula is C16H23N3O2. The van der Waals surface area contributed by atoms with Crippen LogP contribution in [0.4, 0.5) is 5.69 Å². The molecule has 1 fully saturated rings. The molecule has 5 heteroatoms. The molecule has 0 heterocycles. The number of nitrogens with two attached hydrogens (primary N) is 1. The van der Waals surface area contributed by atoms with Crippen LogP contribution in [0.15, 0.2) is 24.3 Å². The Morgan fingerprint density at radius 3 is 2.71 bits per heavy atom. The average Bonchev–Trinajstić information content (AvgIpc) is 3.30. The summed E-state index contributed by atoms with van der Waals surface area (Å²) in [5, 5.41) is 5.62. The van der Waals surface area contributed by atoms with Crippen molar-refractivity contribution in [1.29, 1.82) is 0 Å². The van der Waals surface area contributed by atoms with Gasteiger partial charge in [0, 0.05) is 17.8 Å². The first-order valence-electron chi connectivity index (χ1n) is 7.43. The van der Waals surface area contributed by atoms with Crippen LogP contribution in [0, 0.1) is 5.92 Å². The highest BCUT2D eigenvalue weighted by Crippen LogP contribution is 2.38. The van der Waals surface area contributed by atoms with Gasteiger partial charge in [-0.3, -0.25) is 9.59 Å². The SMILES string of the molecule is CCCNC(=O)c1cccc(NC(=O)C(C)(N)C2CC2)c1. The molecule has 21 heavy (non-hydrogen) atoms. The molecule has 2 amide bonds. The molecule has 1 aromatic rings. The van der Waals surface area contributed by atoms with Crippen LogP contribution in [0.2, 0.25) is 0 Å². The van der Waals surface area contributed by atoms with Gasteiger partial charge in [0.1, 0.15) is 0 Å². The lowest BCUT2D eigenvalue weighted by Crippen LogP contribution is -2.50. The first-order chi connectivity index (χ1) is 9.95. The van der Waals surface area contributed by atoms with Gasteiger partial charge in [0.2, 0.25) is 5.91 Å². The Hall–Kier alpha value is -1.88. The number of carbonyl (C=O) groups excluding carboxylic acids is 2. The smallest absolute Gasteiger partial charge is 0.251 e. The van der Waals surface area contributed by atoms with Crippen LogP contribution < -0.4 is 16.4 Å². The highest BCUT2D eigenvalue weighted by atomic mass is 16.2. The number of rotatable bonds is 6. The number of anilines is 1. The van der Waals surface area contributed by atoms with Crippen LogP contribution in [0.5, 0.6) is 0 Å². The summed E-state index contributed by atoms with van der Waals surface area (Å²) in [6.45, 7) is 4.40. The quantitative estimate of drug-likeness (QED) is 0.747.